The molecule has 2 aromatic carbocycles. The number of hydrogen-bond acceptors (Lipinski definition) is 5. The Morgan fingerprint density at radius 3 is 2.59 bits per heavy atom. The second-order valence-electron chi connectivity index (χ2n) is 5.16. The summed E-state index contributed by atoms with van der Waals surface area (Å²) in [6.45, 7) is 1.94. The number of nitriles is 1. The van der Waals surface area contributed by atoms with Crippen molar-refractivity contribution in [2.45, 2.75) is 6.92 Å². The van der Waals surface area contributed by atoms with Gasteiger partial charge in [0.2, 0.25) is 0 Å². The van der Waals surface area contributed by atoms with Crippen molar-refractivity contribution in [3.8, 4) is 6.07 Å². The van der Waals surface area contributed by atoms with Gasteiger partial charge in [0.1, 0.15) is 11.6 Å². The van der Waals surface area contributed by atoms with E-state index in [1.807, 2.05) is 0 Å². The molecule has 2 rings (SSSR count). The first kappa shape index (κ1) is 20.3. The van der Waals surface area contributed by atoms with Gasteiger partial charge in [-0.2, -0.15) is 5.26 Å². The molecule has 1 amide bonds. The highest BCUT2D eigenvalue weighted by Gasteiger charge is 2.13. The number of rotatable bonds is 6. The minimum absolute atomic E-state index is 0.195. The van der Waals surface area contributed by atoms with Gasteiger partial charge in [0.25, 0.3) is 5.91 Å². The third-order valence-electron chi connectivity index (χ3n) is 3.34. The number of carbonyl (C=O) groups is 2. The van der Waals surface area contributed by atoms with Gasteiger partial charge in [-0.3, -0.25) is 4.79 Å². The van der Waals surface area contributed by atoms with Crippen LogP contribution in [0.5, 0.6) is 0 Å². The third-order valence-corrected chi connectivity index (χ3v) is 4.08. The molecule has 0 aliphatic rings. The number of nitrogens with one attached hydrogen (secondary N) is 2. The van der Waals surface area contributed by atoms with Gasteiger partial charge in [-0.25, -0.2) is 4.79 Å². The number of anilines is 2. The van der Waals surface area contributed by atoms with Gasteiger partial charge in [0.15, 0.2) is 0 Å². The molecular weight excluding hydrogens is 389 g/mol. The Hall–Kier alpha value is -3.01. The fourth-order valence-corrected chi connectivity index (χ4v) is 2.36. The summed E-state index contributed by atoms with van der Waals surface area (Å²) < 4.78 is 4.98. The van der Waals surface area contributed by atoms with Gasteiger partial charge in [0, 0.05) is 11.9 Å². The summed E-state index contributed by atoms with van der Waals surface area (Å²) in [4.78, 5) is 24.2. The molecule has 0 atom stereocenters. The Morgan fingerprint density at radius 2 is 1.93 bits per heavy atom. The summed E-state index contributed by atoms with van der Waals surface area (Å²) in [5.74, 6) is -1.15. The van der Waals surface area contributed by atoms with E-state index >= 15 is 0 Å². The van der Waals surface area contributed by atoms with E-state index in [0.717, 1.165) is 0 Å². The molecule has 2 aromatic rings. The second-order valence-corrected chi connectivity index (χ2v) is 5.98. The van der Waals surface area contributed by atoms with Crippen LogP contribution in [0.4, 0.5) is 11.4 Å². The molecule has 0 bridgehead atoms. The van der Waals surface area contributed by atoms with E-state index in [1.165, 1.54) is 18.3 Å². The molecule has 0 saturated carbocycles. The average Bonchev–Trinajstić information content (AvgIpc) is 2.65. The molecule has 0 spiro atoms. The number of para-hydroxylation sites is 1. The van der Waals surface area contributed by atoms with E-state index in [9.17, 15) is 14.9 Å². The van der Waals surface area contributed by atoms with E-state index in [1.54, 1.807) is 43.3 Å². The lowest BCUT2D eigenvalue weighted by molar-refractivity contribution is -0.112. The van der Waals surface area contributed by atoms with E-state index in [2.05, 4.69) is 10.6 Å². The van der Waals surface area contributed by atoms with Crippen LogP contribution in [0.25, 0.3) is 0 Å². The highest BCUT2D eigenvalue weighted by Crippen LogP contribution is 2.25. The number of carbonyl (C=O) groups excluding carboxylic acids is 2. The molecule has 138 valence electrons. The molecule has 0 saturated heterocycles. The van der Waals surface area contributed by atoms with Gasteiger partial charge >= 0.3 is 5.97 Å². The van der Waals surface area contributed by atoms with E-state index < -0.39 is 11.9 Å². The molecule has 0 aliphatic carbocycles. The number of amides is 1. The number of benzene rings is 2. The normalized spacial score (nSPS) is 10.7. The fraction of sp³-hybridized carbons (Fsp3) is 0.105. The number of halogens is 2. The molecule has 0 heterocycles. The Morgan fingerprint density at radius 1 is 1.19 bits per heavy atom. The zero-order valence-electron chi connectivity index (χ0n) is 14.3. The molecule has 27 heavy (non-hydrogen) atoms. The summed E-state index contributed by atoms with van der Waals surface area (Å²) in [7, 11) is 0. The molecule has 8 heteroatoms. The molecule has 0 aromatic heterocycles. The van der Waals surface area contributed by atoms with E-state index in [4.69, 9.17) is 27.9 Å². The lowest BCUT2D eigenvalue weighted by atomic mass is 10.1. The van der Waals surface area contributed by atoms with Crippen LogP contribution in [0.15, 0.2) is 54.2 Å². The molecule has 0 radical (unpaired) electrons. The second kappa shape index (κ2) is 9.62. The largest absolute Gasteiger partial charge is 0.462 e. The Kier molecular flexibility index (Phi) is 7.24. The summed E-state index contributed by atoms with van der Waals surface area (Å²) in [5.41, 5.74) is 0.894. The van der Waals surface area contributed by atoms with Crippen LogP contribution in [0.2, 0.25) is 10.0 Å². The zero-order chi connectivity index (χ0) is 19.8. The highest BCUT2D eigenvalue weighted by atomic mass is 35.5. The number of esters is 1. The monoisotopic (exact) mass is 403 g/mol. The first-order valence-electron chi connectivity index (χ1n) is 7.85. The van der Waals surface area contributed by atoms with Crippen LogP contribution in [-0.4, -0.2) is 18.5 Å². The Balaban J connectivity index is 2.17. The minimum atomic E-state index is -0.642. The lowest BCUT2D eigenvalue weighted by Gasteiger charge is -2.09. The van der Waals surface area contributed by atoms with Crippen molar-refractivity contribution in [2.75, 3.05) is 17.2 Å². The summed E-state index contributed by atoms with van der Waals surface area (Å²) >= 11 is 11.7. The van der Waals surface area contributed by atoms with Crippen LogP contribution in [0, 0.1) is 11.3 Å². The number of ether oxygens (including phenoxy) is 1. The van der Waals surface area contributed by atoms with Crippen LogP contribution in [-0.2, 0) is 9.53 Å². The Labute approximate surface area is 166 Å². The van der Waals surface area contributed by atoms with Crippen LogP contribution in [0.3, 0.4) is 0 Å². The van der Waals surface area contributed by atoms with Crippen LogP contribution >= 0.6 is 23.2 Å². The van der Waals surface area contributed by atoms with Crippen molar-refractivity contribution in [3.63, 3.8) is 0 Å². The van der Waals surface area contributed by atoms with E-state index in [-0.39, 0.29) is 22.8 Å². The fourth-order valence-electron chi connectivity index (χ4n) is 2.07. The highest BCUT2D eigenvalue weighted by molar-refractivity contribution is 6.42. The van der Waals surface area contributed by atoms with Crippen molar-refractivity contribution in [1.82, 2.24) is 0 Å². The first-order valence-corrected chi connectivity index (χ1v) is 8.61. The molecule has 0 aliphatic heterocycles. The molecule has 0 fully saturated rings. The maximum absolute atomic E-state index is 12.3. The van der Waals surface area contributed by atoms with Gasteiger partial charge in [-0.15, -0.1) is 0 Å². The maximum atomic E-state index is 12.3. The number of hydrogen-bond donors (Lipinski definition) is 2. The molecular formula is C19H15Cl2N3O3. The predicted octanol–water partition coefficient (Wildman–Crippen LogP) is 4.63. The van der Waals surface area contributed by atoms with Crippen molar-refractivity contribution in [1.29, 1.82) is 5.26 Å². The quantitative estimate of drug-likeness (QED) is 0.416. The standard InChI is InChI=1S/C19H15Cl2N3O3/c1-2-27-19(26)14-5-3-4-6-17(14)23-11-12(10-22)18(25)24-13-7-8-15(20)16(21)9-13/h3-9,11,23H,2H2,1H3,(H,24,25)/b12-11-. The predicted molar refractivity (Wildman–Crippen MR) is 105 cm³/mol. The summed E-state index contributed by atoms with van der Waals surface area (Å²) in [6, 6.07) is 13.0. The van der Waals surface area contributed by atoms with Crippen molar-refractivity contribution in [3.05, 3.63) is 69.8 Å². The SMILES string of the molecule is CCOC(=O)c1ccccc1N/C=C(/C#N)C(=O)Nc1ccc(Cl)c(Cl)c1. The first-order chi connectivity index (χ1) is 13.0. The summed E-state index contributed by atoms with van der Waals surface area (Å²) in [6.07, 6.45) is 1.21. The molecule has 6 nitrogen and oxygen atoms in total. The van der Waals surface area contributed by atoms with Crippen molar-refractivity contribution < 1.29 is 14.3 Å². The smallest absolute Gasteiger partial charge is 0.340 e. The maximum Gasteiger partial charge on any atom is 0.340 e. The van der Waals surface area contributed by atoms with Crippen LogP contribution in [0.1, 0.15) is 17.3 Å². The molecule has 0 unspecified atom stereocenters. The molecule has 2 N–H and O–H groups in total. The van der Waals surface area contributed by atoms with Gasteiger partial charge in [-0.05, 0) is 37.3 Å². The van der Waals surface area contributed by atoms with Gasteiger partial charge in [-0.1, -0.05) is 35.3 Å². The van der Waals surface area contributed by atoms with Crippen molar-refractivity contribution in [2.24, 2.45) is 0 Å². The zero-order valence-corrected chi connectivity index (χ0v) is 15.8. The van der Waals surface area contributed by atoms with E-state index in [0.29, 0.717) is 16.4 Å². The Bertz CT molecular complexity index is 936. The number of nitrogens with zero attached hydrogens (tertiary/aromatic N) is 1. The van der Waals surface area contributed by atoms with Gasteiger partial charge in [0.05, 0.1) is 27.9 Å². The average molecular weight is 404 g/mol. The summed E-state index contributed by atoms with van der Waals surface area (Å²) in [5, 5.41) is 15.2. The lowest BCUT2D eigenvalue weighted by Crippen LogP contribution is -2.15. The van der Waals surface area contributed by atoms with Crippen molar-refractivity contribution >= 4 is 46.5 Å². The van der Waals surface area contributed by atoms with Crippen LogP contribution < -0.4 is 10.6 Å². The third kappa shape index (κ3) is 5.48. The topological polar surface area (TPSA) is 91.2 Å². The van der Waals surface area contributed by atoms with Gasteiger partial charge < -0.3 is 15.4 Å². The minimum Gasteiger partial charge on any atom is -0.462 e.